The fourth-order valence-corrected chi connectivity index (χ4v) is 2.16. The van der Waals surface area contributed by atoms with Crippen molar-refractivity contribution < 1.29 is 14.3 Å². The van der Waals surface area contributed by atoms with Gasteiger partial charge in [0.15, 0.2) is 17.6 Å². The van der Waals surface area contributed by atoms with Crippen LogP contribution in [-0.4, -0.2) is 43.2 Å². The van der Waals surface area contributed by atoms with E-state index >= 15 is 0 Å². The maximum absolute atomic E-state index is 12.3. The predicted molar refractivity (Wildman–Crippen MR) is 81.4 cm³/mol. The number of ether oxygens (including phenoxy) is 2. The Kier molecular flexibility index (Phi) is 4.42. The van der Waals surface area contributed by atoms with Crippen LogP contribution in [0.25, 0.3) is 0 Å². The van der Waals surface area contributed by atoms with Gasteiger partial charge >= 0.3 is 0 Å². The van der Waals surface area contributed by atoms with Gasteiger partial charge in [0.2, 0.25) is 5.91 Å². The van der Waals surface area contributed by atoms with E-state index in [9.17, 15) is 4.79 Å². The summed E-state index contributed by atoms with van der Waals surface area (Å²) in [5.41, 5.74) is 5.75. The SMILES string of the molecule is CN(CC1COc2ccccc2O1)C(=O)[C@H](N)C(C)(C)C. The van der Waals surface area contributed by atoms with Crippen LogP contribution >= 0.6 is 0 Å². The minimum Gasteiger partial charge on any atom is -0.486 e. The molecule has 0 saturated heterocycles. The topological polar surface area (TPSA) is 64.8 Å². The average Bonchev–Trinajstić information content (AvgIpc) is 2.44. The van der Waals surface area contributed by atoms with E-state index in [1.54, 1.807) is 11.9 Å². The van der Waals surface area contributed by atoms with Crippen molar-refractivity contribution in [2.24, 2.45) is 11.1 Å². The van der Waals surface area contributed by atoms with Crippen LogP contribution in [-0.2, 0) is 4.79 Å². The third-order valence-electron chi connectivity index (χ3n) is 3.62. The number of hydrogen-bond acceptors (Lipinski definition) is 4. The molecule has 5 nitrogen and oxygen atoms in total. The van der Waals surface area contributed by atoms with Gasteiger partial charge in [-0.2, -0.15) is 0 Å². The monoisotopic (exact) mass is 292 g/mol. The molecule has 5 heteroatoms. The minimum absolute atomic E-state index is 0.0787. The largest absolute Gasteiger partial charge is 0.486 e. The Bertz CT molecular complexity index is 510. The molecule has 0 bridgehead atoms. The number of nitrogens with two attached hydrogens (primary N) is 1. The van der Waals surface area contributed by atoms with E-state index < -0.39 is 6.04 Å². The smallest absolute Gasteiger partial charge is 0.239 e. The molecule has 0 spiro atoms. The first-order chi connectivity index (χ1) is 9.79. The quantitative estimate of drug-likeness (QED) is 0.920. The lowest BCUT2D eigenvalue weighted by atomic mass is 9.86. The Morgan fingerprint density at radius 1 is 1.38 bits per heavy atom. The lowest BCUT2D eigenvalue weighted by Crippen LogP contribution is -2.52. The van der Waals surface area contributed by atoms with E-state index in [1.807, 2.05) is 45.0 Å². The molecule has 2 rings (SSSR count). The van der Waals surface area contributed by atoms with E-state index in [-0.39, 0.29) is 17.4 Å². The molecule has 1 aromatic rings. The zero-order valence-electron chi connectivity index (χ0n) is 13.1. The molecule has 0 fully saturated rings. The Balaban J connectivity index is 1.95. The number of carbonyl (C=O) groups is 1. The molecule has 116 valence electrons. The maximum Gasteiger partial charge on any atom is 0.239 e. The summed E-state index contributed by atoms with van der Waals surface area (Å²) >= 11 is 0. The molecule has 1 aromatic carbocycles. The fourth-order valence-electron chi connectivity index (χ4n) is 2.16. The average molecular weight is 292 g/mol. The predicted octanol–water partition coefficient (Wildman–Crippen LogP) is 1.66. The lowest BCUT2D eigenvalue weighted by Gasteiger charge is -2.33. The van der Waals surface area contributed by atoms with E-state index in [1.165, 1.54) is 0 Å². The summed E-state index contributed by atoms with van der Waals surface area (Å²) in [7, 11) is 1.75. The molecule has 0 aliphatic carbocycles. The maximum atomic E-state index is 12.3. The second kappa shape index (κ2) is 5.93. The van der Waals surface area contributed by atoms with Gasteiger partial charge in [-0.3, -0.25) is 4.79 Å². The lowest BCUT2D eigenvalue weighted by molar-refractivity contribution is -0.135. The molecule has 21 heavy (non-hydrogen) atoms. The normalized spacial score (nSPS) is 19.0. The van der Waals surface area contributed by atoms with E-state index in [4.69, 9.17) is 15.2 Å². The molecule has 2 atom stereocenters. The summed E-state index contributed by atoms with van der Waals surface area (Å²) in [5.74, 6) is 1.38. The number of para-hydroxylation sites is 2. The molecule has 2 N–H and O–H groups in total. The Labute approximate surface area is 126 Å². The highest BCUT2D eigenvalue weighted by molar-refractivity contribution is 5.82. The summed E-state index contributed by atoms with van der Waals surface area (Å²) in [6, 6.07) is 7.01. The number of carbonyl (C=O) groups excluding carboxylic acids is 1. The number of likely N-dealkylation sites (N-methyl/N-ethyl adjacent to an activating group) is 1. The van der Waals surface area contributed by atoms with Crippen molar-refractivity contribution in [3.8, 4) is 11.5 Å². The van der Waals surface area contributed by atoms with Crippen LogP contribution in [0, 0.1) is 5.41 Å². The molecule has 1 unspecified atom stereocenters. The fraction of sp³-hybridized carbons (Fsp3) is 0.562. The molecule has 1 heterocycles. The summed E-state index contributed by atoms with van der Waals surface area (Å²) in [5, 5.41) is 0. The van der Waals surface area contributed by atoms with Gasteiger partial charge < -0.3 is 20.1 Å². The van der Waals surface area contributed by atoms with Crippen LogP contribution in [0.4, 0.5) is 0 Å². The molecular formula is C16H24N2O3. The van der Waals surface area contributed by atoms with Crippen molar-refractivity contribution >= 4 is 5.91 Å². The van der Waals surface area contributed by atoms with Crippen LogP contribution in [0.15, 0.2) is 24.3 Å². The highest BCUT2D eigenvalue weighted by Crippen LogP contribution is 2.31. The van der Waals surface area contributed by atoms with Gasteiger partial charge in [0.25, 0.3) is 0 Å². The van der Waals surface area contributed by atoms with Crippen LogP contribution in [0.5, 0.6) is 11.5 Å². The third kappa shape index (κ3) is 3.67. The van der Waals surface area contributed by atoms with Crippen LogP contribution in [0.3, 0.4) is 0 Å². The van der Waals surface area contributed by atoms with Gasteiger partial charge in [-0.15, -0.1) is 0 Å². The Morgan fingerprint density at radius 2 is 2.00 bits per heavy atom. The molecule has 0 aromatic heterocycles. The van der Waals surface area contributed by atoms with Crippen molar-refractivity contribution in [2.45, 2.75) is 32.9 Å². The third-order valence-corrected chi connectivity index (χ3v) is 3.62. The first-order valence-corrected chi connectivity index (χ1v) is 7.18. The highest BCUT2D eigenvalue weighted by Gasteiger charge is 2.31. The molecule has 1 amide bonds. The summed E-state index contributed by atoms with van der Waals surface area (Å²) in [6.07, 6.45) is -0.180. The van der Waals surface area contributed by atoms with Crippen molar-refractivity contribution in [3.63, 3.8) is 0 Å². The van der Waals surface area contributed by atoms with Crippen LogP contribution in [0.2, 0.25) is 0 Å². The van der Waals surface area contributed by atoms with E-state index in [0.717, 1.165) is 11.5 Å². The van der Waals surface area contributed by atoms with Gasteiger partial charge in [0.05, 0.1) is 12.6 Å². The second-order valence-electron chi connectivity index (χ2n) is 6.56. The number of fused-ring (bicyclic) bond motifs is 1. The number of rotatable bonds is 3. The van der Waals surface area contributed by atoms with Crippen molar-refractivity contribution in [3.05, 3.63) is 24.3 Å². The Morgan fingerprint density at radius 3 is 2.62 bits per heavy atom. The summed E-state index contributed by atoms with van der Waals surface area (Å²) in [6.45, 7) is 6.76. The molecule has 1 aliphatic heterocycles. The van der Waals surface area contributed by atoms with Crippen molar-refractivity contribution in [2.75, 3.05) is 20.2 Å². The number of hydrogen-bond donors (Lipinski definition) is 1. The molecule has 0 radical (unpaired) electrons. The van der Waals surface area contributed by atoms with E-state index in [2.05, 4.69) is 0 Å². The first kappa shape index (κ1) is 15.6. The van der Waals surface area contributed by atoms with Gasteiger partial charge in [-0.25, -0.2) is 0 Å². The van der Waals surface area contributed by atoms with Gasteiger partial charge in [0, 0.05) is 7.05 Å². The second-order valence-corrected chi connectivity index (χ2v) is 6.56. The molecule has 1 aliphatic rings. The van der Waals surface area contributed by atoms with Gasteiger partial charge in [0.1, 0.15) is 6.61 Å². The molecule has 0 saturated carbocycles. The zero-order valence-corrected chi connectivity index (χ0v) is 13.1. The summed E-state index contributed by atoms with van der Waals surface area (Å²) < 4.78 is 11.5. The van der Waals surface area contributed by atoms with Gasteiger partial charge in [-0.1, -0.05) is 32.9 Å². The molecular weight excluding hydrogens is 268 g/mol. The standard InChI is InChI=1S/C16H24N2O3/c1-16(2,3)14(17)15(19)18(4)9-11-10-20-12-7-5-6-8-13(12)21-11/h5-8,11,14H,9-10,17H2,1-4H3/t11?,14-/m0/s1. The number of nitrogens with zero attached hydrogens (tertiary/aromatic N) is 1. The minimum atomic E-state index is -0.528. The Hall–Kier alpha value is -1.75. The number of benzene rings is 1. The first-order valence-electron chi connectivity index (χ1n) is 7.18. The number of amides is 1. The van der Waals surface area contributed by atoms with E-state index in [0.29, 0.717) is 13.2 Å². The van der Waals surface area contributed by atoms with Crippen molar-refractivity contribution in [1.29, 1.82) is 0 Å². The highest BCUT2D eigenvalue weighted by atomic mass is 16.6. The van der Waals surface area contributed by atoms with Crippen LogP contribution < -0.4 is 15.2 Å². The van der Waals surface area contributed by atoms with Crippen LogP contribution in [0.1, 0.15) is 20.8 Å². The van der Waals surface area contributed by atoms with Crippen molar-refractivity contribution in [1.82, 2.24) is 4.90 Å². The van der Waals surface area contributed by atoms with Gasteiger partial charge in [-0.05, 0) is 17.5 Å². The zero-order chi connectivity index (χ0) is 15.6. The summed E-state index contributed by atoms with van der Waals surface area (Å²) in [4.78, 5) is 13.9.